The number of phenolic OH excluding ortho intramolecular Hbond substituents is 1. The van der Waals surface area contributed by atoms with Gasteiger partial charge in [-0.3, -0.25) is 25.2 Å². The smallest absolute Gasteiger partial charge is 0.273 e. The first-order valence-electron chi connectivity index (χ1n) is 9.06. The summed E-state index contributed by atoms with van der Waals surface area (Å²) in [6.07, 6.45) is 0. The highest BCUT2D eigenvalue weighted by molar-refractivity contribution is 7.92. The molecule has 4 N–H and O–H groups in total. The first kappa shape index (κ1) is 22.9. The molecule has 0 atom stereocenters. The van der Waals surface area contributed by atoms with E-state index in [0.29, 0.717) is 10.8 Å². The number of hydrogen-bond acceptors (Lipinski definition) is 6. The van der Waals surface area contributed by atoms with Crippen molar-refractivity contribution in [1.82, 2.24) is 10.9 Å². The summed E-state index contributed by atoms with van der Waals surface area (Å²) in [5, 5.41) is 10.3. The molecule has 0 fully saturated rings. The molecular formula is C21H18ClN3O6S. The van der Waals surface area contributed by atoms with E-state index >= 15 is 0 Å². The van der Waals surface area contributed by atoms with E-state index in [1.807, 2.05) is 0 Å². The van der Waals surface area contributed by atoms with Crippen molar-refractivity contribution in [3.63, 3.8) is 0 Å². The normalized spacial score (nSPS) is 10.8. The molecule has 0 spiro atoms. The topological polar surface area (TPSA) is 134 Å². The molecule has 0 unspecified atom stereocenters. The minimum absolute atomic E-state index is 0.0155. The Morgan fingerprint density at radius 3 is 2.34 bits per heavy atom. The molecule has 0 aliphatic heterocycles. The maximum Gasteiger partial charge on any atom is 0.273 e. The molecule has 3 aromatic rings. The Labute approximate surface area is 189 Å². The summed E-state index contributed by atoms with van der Waals surface area (Å²) in [5.41, 5.74) is 4.49. The quantitative estimate of drug-likeness (QED) is 0.405. The Kier molecular flexibility index (Phi) is 6.86. The van der Waals surface area contributed by atoms with Gasteiger partial charge in [0.25, 0.3) is 21.8 Å². The molecule has 0 bridgehead atoms. The Hall–Kier alpha value is -3.76. The molecule has 3 rings (SSSR count). The van der Waals surface area contributed by atoms with E-state index in [9.17, 15) is 23.1 Å². The van der Waals surface area contributed by atoms with Crippen LogP contribution < -0.4 is 20.3 Å². The standard InChI is InChI=1S/C21H18ClN3O6S/c1-31-16-8-9-18(19(26)12-16)21(28)24-23-20(27)13-4-2-7-17(10-13)32(29,30)25-15-6-3-5-14(22)11-15/h2-12,25-26H,1H3,(H,23,27)(H,24,28). The molecular weight excluding hydrogens is 458 g/mol. The number of amides is 2. The van der Waals surface area contributed by atoms with Crippen LogP contribution in [0.3, 0.4) is 0 Å². The summed E-state index contributed by atoms with van der Waals surface area (Å²) >= 11 is 5.87. The minimum Gasteiger partial charge on any atom is -0.507 e. The first-order chi connectivity index (χ1) is 15.2. The van der Waals surface area contributed by atoms with Crippen molar-refractivity contribution >= 4 is 39.1 Å². The number of hydrazine groups is 1. The van der Waals surface area contributed by atoms with Crippen LogP contribution in [0.1, 0.15) is 20.7 Å². The van der Waals surface area contributed by atoms with Gasteiger partial charge in [-0.15, -0.1) is 0 Å². The third-order valence-corrected chi connectivity index (χ3v) is 5.84. The van der Waals surface area contributed by atoms with Crippen molar-refractivity contribution < 1.29 is 27.9 Å². The Bertz CT molecular complexity index is 1280. The summed E-state index contributed by atoms with van der Waals surface area (Å²) < 4.78 is 32.6. The number of sulfonamides is 1. The van der Waals surface area contributed by atoms with Gasteiger partial charge in [0.05, 0.1) is 23.3 Å². The molecule has 0 saturated carbocycles. The lowest BCUT2D eigenvalue weighted by Crippen LogP contribution is -2.41. The van der Waals surface area contributed by atoms with Crippen LogP contribution in [0, 0.1) is 0 Å². The van der Waals surface area contributed by atoms with Crippen LogP contribution >= 0.6 is 11.6 Å². The number of anilines is 1. The molecule has 0 radical (unpaired) electrons. The maximum absolute atomic E-state index is 12.6. The average Bonchev–Trinajstić information content (AvgIpc) is 2.77. The van der Waals surface area contributed by atoms with Crippen LogP contribution in [0.5, 0.6) is 11.5 Å². The Morgan fingerprint density at radius 1 is 0.938 bits per heavy atom. The molecule has 0 aromatic heterocycles. The van der Waals surface area contributed by atoms with E-state index in [-0.39, 0.29) is 27.5 Å². The van der Waals surface area contributed by atoms with Crippen molar-refractivity contribution in [2.75, 3.05) is 11.8 Å². The van der Waals surface area contributed by atoms with E-state index in [0.717, 1.165) is 6.07 Å². The van der Waals surface area contributed by atoms with Gasteiger partial charge in [-0.05, 0) is 48.5 Å². The molecule has 0 heterocycles. The second kappa shape index (κ2) is 9.58. The number of benzene rings is 3. The highest BCUT2D eigenvalue weighted by atomic mass is 35.5. The number of halogens is 1. The van der Waals surface area contributed by atoms with E-state index in [1.165, 1.54) is 55.6 Å². The average molecular weight is 476 g/mol. The van der Waals surface area contributed by atoms with Crippen molar-refractivity contribution in [2.24, 2.45) is 0 Å². The SMILES string of the molecule is COc1ccc(C(=O)NNC(=O)c2cccc(S(=O)(=O)Nc3cccc(Cl)c3)c2)c(O)c1. The summed E-state index contributed by atoms with van der Waals surface area (Å²) in [7, 11) is -2.58. The summed E-state index contributed by atoms with van der Waals surface area (Å²) in [6.45, 7) is 0. The number of methoxy groups -OCH3 is 1. The fraction of sp³-hybridized carbons (Fsp3) is 0.0476. The van der Waals surface area contributed by atoms with Crippen LogP contribution in [0.25, 0.3) is 0 Å². The van der Waals surface area contributed by atoms with Crippen molar-refractivity contribution in [3.05, 3.63) is 82.9 Å². The highest BCUT2D eigenvalue weighted by Crippen LogP contribution is 2.23. The predicted octanol–water partition coefficient (Wildman–Crippen LogP) is 2.93. The van der Waals surface area contributed by atoms with Gasteiger partial charge in [0.2, 0.25) is 0 Å². The molecule has 9 nitrogen and oxygen atoms in total. The van der Waals surface area contributed by atoms with E-state index in [4.69, 9.17) is 16.3 Å². The predicted molar refractivity (Wildman–Crippen MR) is 118 cm³/mol. The first-order valence-corrected chi connectivity index (χ1v) is 10.9. The number of nitrogens with one attached hydrogen (secondary N) is 3. The molecule has 32 heavy (non-hydrogen) atoms. The Balaban J connectivity index is 1.70. The summed E-state index contributed by atoms with van der Waals surface area (Å²) in [5.74, 6) is -1.51. The number of rotatable bonds is 6. The van der Waals surface area contributed by atoms with Crippen molar-refractivity contribution in [2.45, 2.75) is 4.90 Å². The molecule has 0 aliphatic rings. The largest absolute Gasteiger partial charge is 0.507 e. The molecule has 0 aliphatic carbocycles. The number of carbonyl (C=O) groups excluding carboxylic acids is 2. The highest BCUT2D eigenvalue weighted by Gasteiger charge is 2.18. The summed E-state index contributed by atoms with van der Waals surface area (Å²) in [4.78, 5) is 24.5. The second-order valence-corrected chi connectivity index (χ2v) is 8.55. The molecule has 166 valence electrons. The molecule has 2 amide bonds. The number of phenols is 1. The van der Waals surface area contributed by atoms with Crippen LogP contribution in [0.2, 0.25) is 5.02 Å². The fourth-order valence-electron chi connectivity index (χ4n) is 2.65. The lowest BCUT2D eigenvalue weighted by atomic mass is 10.2. The van der Waals surface area contributed by atoms with Gasteiger partial charge in [0.15, 0.2) is 0 Å². The molecule has 11 heteroatoms. The van der Waals surface area contributed by atoms with E-state index in [1.54, 1.807) is 12.1 Å². The molecule has 3 aromatic carbocycles. The van der Waals surface area contributed by atoms with Crippen LogP contribution in [0.15, 0.2) is 71.6 Å². The molecule has 0 saturated heterocycles. The third-order valence-electron chi connectivity index (χ3n) is 4.22. The van der Waals surface area contributed by atoms with Crippen LogP contribution in [-0.2, 0) is 10.0 Å². The van der Waals surface area contributed by atoms with Gasteiger partial charge >= 0.3 is 0 Å². The lowest BCUT2D eigenvalue weighted by molar-refractivity contribution is 0.0845. The number of carbonyl (C=O) groups is 2. The van der Waals surface area contributed by atoms with Gasteiger partial charge in [-0.2, -0.15) is 0 Å². The van der Waals surface area contributed by atoms with Gasteiger partial charge in [-0.1, -0.05) is 23.7 Å². The summed E-state index contributed by atoms with van der Waals surface area (Å²) in [6, 6.07) is 15.4. The second-order valence-electron chi connectivity index (χ2n) is 6.44. The van der Waals surface area contributed by atoms with E-state index < -0.39 is 21.8 Å². The monoisotopic (exact) mass is 475 g/mol. The zero-order valence-electron chi connectivity index (χ0n) is 16.6. The third kappa shape index (κ3) is 5.48. The van der Waals surface area contributed by atoms with Gasteiger partial charge < -0.3 is 9.84 Å². The van der Waals surface area contributed by atoms with Crippen molar-refractivity contribution in [1.29, 1.82) is 0 Å². The van der Waals surface area contributed by atoms with E-state index in [2.05, 4.69) is 15.6 Å². The zero-order valence-corrected chi connectivity index (χ0v) is 18.2. The number of hydrogen-bond donors (Lipinski definition) is 4. The zero-order chi connectivity index (χ0) is 23.3. The maximum atomic E-state index is 12.6. The minimum atomic E-state index is -3.99. The fourth-order valence-corrected chi connectivity index (χ4v) is 3.94. The van der Waals surface area contributed by atoms with Gasteiger partial charge in [0.1, 0.15) is 11.5 Å². The van der Waals surface area contributed by atoms with Gasteiger partial charge in [0, 0.05) is 16.7 Å². The van der Waals surface area contributed by atoms with Gasteiger partial charge in [-0.25, -0.2) is 8.42 Å². The van der Waals surface area contributed by atoms with Crippen molar-refractivity contribution in [3.8, 4) is 11.5 Å². The van der Waals surface area contributed by atoms with Crippen LogP contribution in [-0.4, -0.2) is 32.4 Å². The lowest BCUT2D eigenvalue weighted by Gasteiger charge is -2.11. The van der Waals surface area contributed by atoms with Crippen LogP contribution in [0.4, 0.5) is 5.69 Å². The number of aromatic hydroxyl groups is 1. The number of ether oxygens (including phenoxy) is 1. The Morgan fingerprint density at radius 2 is 1.66 bits per heavy atom.